The molecule has 0 radical (unpaired) electrons. The minimum absolute atomic E-state index is 0.121. The average Bonchev–Trinajstić information content (AvgIpc) is 2.51. The first-order valence-electron chi connectivity index (χ1n) is 8.29. The highest BCUT2D eigenvalue weighted by Gasteiger charge is 2.40. The van der Waals surface area contributed by atoms with E-state index in [1.54, 1.807) is 12.1 Å². The van der Waals surface area contributed by atoms with E-state index < -0.39 is 0 Å². The Labute approximate surface area is 127 Å². The zero-order chi connectivity index (χ0) is 14.7. The molecule has 21 heavy (non-hydrogen) atoms. The molecule has 0 aromatic heterocycles. The van der Waals surface area contributed by atoms with Crippen LogP contribution in [0.5, 0.6) is 0 Å². The number of halogens is 1. The molecular formula is C18H26FNO. The van der Waals surface area contributed by atoms with Crippen LogP contribution in [0.3, 0.4) is 0 Å². The second kappa shape index (κ2) is 6.45. The predicted molar refractivity (Wildman–Crippen MR) is 82.7 cm³/mol. The number of benzene rings is 1. The Kier molecular flexibility index (Phi) is 4.60. The van der Waals surface area contributed by atoms with Crippen LogP contribution in [0, 0.1) is 11.7 Å². The fourth-order valence-electron chi connectivity index (χ4n) is 4.24. The second-order valence-electron chi connectivity index (χ2n) is 6.66. The van der Waals surface area contributed by atoms with Gasteiger partial charge in [-0.15, -0.1) is 0 Å². The van der Waals surface area contributed by atoms with Gasteiger partial charge in [0.15, 0.2) is 0 Å². The van der Waals surface area contributed by atoms with Gasteiger partial charge in [0.25, 0.3) is 0 Å². The summed E-state index contributed by atoms with van der Waals surface area (Å²) in [4.78, 5) is 0. The normalized spacial score (nSPS) is 26.7. The quantitative estimate of drug-likeness (QED) is 0.900. The van der Waals surface area contributed by atoms with Crippen molar-refractivity contribution in [2.24, 2.45) is 5.92 Å². The van der Waals surface area contributed by atoms with E-state index in [4.69, 9.17) is 4.74 Å². The molecular weight excluding hydrogens is 265 g/mol. The Morgan fingerprint density at radius 1 is 1.19 bits per heavy atom. The highest BCUT2D eigenvalue weighted by Crippen LogP contribution is 2.44. The molecule has 1 saturated heterocycles. The molecule has 1 saturated carbocycles. The first-order chi connectivity index (χ1) is 10.2. The van der Waals surface area contributed by atoms with Crippen molar-refractivity contribution in [1.82, 2.24) is 5.32 Å². The number of rotatable bonds is 3. The summed E-state index contributed by atoms with van der Waals surface area (Å²) in [6, 6.07) is 7.26. The van der Waals surface area contributed by atoms with Crippen LogP contribution in [0.15, 0.2) is 24.3 Å². The van der Waals surface area contributed by atoms with E-state index in [2.05, 4.69) is 5.32 Å². The van der Waals surface area contributed by atoms with E-state index in [1.165, 1.54) is 37.7 Å². The molecule has 0 amide bonds. The van der Waals surface area contributed by atoms with Crippen molar-refractivity contribution < 1.29 is 9.13 Å². The molecule has 3 rings (SSSR count). The van der Waals surface area contributed by atoms with Gasteiger partial charge in [-0.2, -0.15) is 0 Å². The molecule has 116 valence electrons. The topological polar surface area (TPSA) is 21.3 Å². The molecule has 1 spiro atoms. The van der Waals surface area contributed by atoms with Crippen LogP contribution in [-0.2, 0) is 4.74 Å². The molecule has 1 aliphatic heterocycles. The van der Waals surface area contributed by atoms with Crippen LogP contribution >= 0.6 is 0 Å². The molecule has 0 bridgehead atoms. The van der Waals surface area contributed by atoms with Gasteiger partial charge < -0.3 is 10.1 Å². The highest BCUT2D eigenvalue weighted by molar-refractivity contribution is 5.21. The Morgan fingerprint density at radius 3 is 2.57 bits per heavy atom. The van der Waals surface area contributed by atoms with Crippen LogP contribution in [0.1, 0.15) is 56.6 Å². The van der Waals surface area contributed by atoms with E-state index in [1.807, 2.05) is 19.2 Å². The minimum atomic E-state index is -0.163. The summed E-state index contributed by atoms with van der Waals surface area (Å²) in [5.74, 6) is 0.414. The molecule has 1 heterocycles. The van der Waals surface area contributed by atoms with Crippen LogP contribution in [0.4, 0.5) is 4.39 Å². The molecule has 2 unspecified atom stereocenters. The lowest BCUT2D eigenvalue weighted by Gasteiger charge is -2.45. The van der Waals surface area contributed by atoms with Crippen LogP contribution in [0.25, 0.3) is 0 Å². The van der Waals surface area contributed by atoms with Crippen LogP contribution in [-0.4, -0.2) is 19.3 Å². The maximum absolute atomic E-state index is 13.1. The summed E-state index contributed by atoms with van der Waals surface area (Å²) in [7, 11) is 2.01. The summed E-state index contributed by atoms with van der Waals surface area (Å²) < 4.78 is 19.3. The van der Waals surface area contributed by atoms with Crippen molar-refractivity contribution >= 4 is 0 Å². The molecule has 1 aromatic rings. The maximum atomic E-state index is 13.1. The molecule has 2 aliphatic rings. The first-order valence-corrected chi connectivity index (χ1v) is 8.29. The van der Waals surface area contributed by atoms with E-state index in [0.717, 1.165) is 19.4 Å². The van der Waals surface area contributed by atoms with Gasteiger partial charge in [0.2, 0.25) is 0 Å². The fourth-order valence-corrected chi connectivity index (χ4v) is 4.24. The monoisotopic (exact) mass is 291 g/mol. The van der Waals surface area contributed by atoms with Crippen molar-refractivity contribution in [2.45, 2.75) is 56.6 Å². The second-order valence-corrected chi connectivity index (χ2v) is 6.66. The lowest BCUT2D eigenvalue weighted by molar-refractivity contribution is -0.121. The van der Waals surface area contributed by atoms with Crippen molar-refractivity contribution in [3.8, 4) is 0 Å². The molecule has 2 atom stereocenters. The Balaban J connectivity index is 1.75. The number of hydrogen-bond donors (Lipinski definition) is 1. The van der Waals surface area contributed by atoms with Crippen LogP contribution < -0.4 is 5.32 Å². The molecule has 2 nitrogen and oxygen atoms in total. The predicted octanol–water partition coefficient (Wildman–Crippen LogP) is 4.22. The smallest absolute Gasteiger partial charge is 0.123 e. The van der Waals surface area contributed by atoms with Gasteiger partial charge in [0.1, 0.15) is 5.82 Å². The van der Waals surface area contributed by atoms with Gasteiger partial charge in [-0.3, -0.25) is 0 Å². The average molecular weight is 291 g/mol. The lowest BCUT2D eigenvalue weighted by atomic mass is 9.73. The summed E-state index contributed by atoms with van der Waals surface area (Å²) >= 11 is 0. The Hall–Kier alpha value is -0.930. The van der Waals surface area contributed by atoms with Gasteiger partial charge >= 0.3 is 0 Å². The minimum Gasteiger partial charge on any atom is -0.375 e. The molecule has 3 heteroatoms. The van der Waals surface area contributed by atoms with E-state index in [9.17, 15) is 4.39 Å². The summed E-state index contributed by atoms with van der Waals surface area (Å²) in [5.41, 5.74) is 1.31. The number of ether oxygens (including phenoxy) is 1. The van der Waals surface area contributed by atoms with Gasteiger partial charge in [0.05, 0.1) is 5.60 Å². The molecule has 1 N–H and O–H groups in total. The Morgan fingerprint density at radius 2 is 1.90 bits per heavy atom. The molecule has 1 aromatic carbocycles. The lowest BCUT2D eigenvalue weighted by Crippen LogP contribution is -2.44. The van der Waals surface area contributed by atoms with Crippen molar-refractivity contribution in [2.75, 3.05) is 13.7 Å². The summed E-state index contributed by atoms with van der Waals surface area (Å²) in [5, 5.41) is 3.45. The highest BCUT2D eigenvalue weighted by atomic mass is 19.1. The first kappa shape index (κ1) is 15.0. The van der Waals surface area contributed by atoms with Crippen molar-refractivity contribution in [1.29, 1.82) is 0 Å². The largest absolute Gasteiger partial charge is 0.375 e. The Bertz CT molecular complexity index is 447. The molecule has 2 fully saturated rings. The van der Waals surface area contributed by atoms with Gasteiger partial charge in [-0.25, -0.2) is 4.39 Å². The third kappa shape index (κ3) is 3.29. The van der Waals surface area contributed by atoms with Gasteiger partial charge in [0, 0.05) is 12.6 Å². The van der Waals surface area contributed by atoms with Gasteiger partial charge in [-0.1, -0.05) is 31.4 Å². The standard InChI is InChI=1S/C18H26FNO/c1-20-17(14-5-7-16(19)8-6-14)15-9-12-21-18(13-15)10-3-2-4-11-18/h5-8,15,17,20H,2-4,9-13H2,1H3. The zero-order valence-corrected chi connectivity index (χ0v) is 12.9. The SMILES string of the molecule is CNC(c1ccc(F)cc1)C1CCOC2(CCCCC2)C1. The van der Waals surface area contributed by atoms with Crippen LogP contribution in [0.2, 0.25) is 0 Å². The van der Waals surface area contributed by atoms with E-state index in [-0.39, 0.29) is 11.4 Å². The van der Waals surface area contributed by atoms with Crippen molar-refractivity contribution in [3.05, 3.63) is 35.6 Å². The maximum Gasteiger partial charge on any atom is 0.123 e. The third-order valence-electron chi connectivity index (χ3n) is 5.31. The zero-order valence-electron chi connectivity index (χ0n) is 12.9. The molecule has 1 aliphatic carbocycles. The fraction of sp³-hybridized carbons (Fsp3) is 0.667. The van der Waals surface area contributed by atoms with E-state index in [0.29, 0.717) is 12.0 Å². The number of hydrogen-bond acceptors (Lipinski definition) is 2. The van der Waals surface area contributed by atoms with Gasteiger partial charge in [-0.05, 0) is 56.3 Å². The summed E-state index contributed by atoms with van der Waals surface area (Å²) in [6.07, 6.45) is 8.59. The number of nitrogens with one attached hydrogen (secondary N) is 1. The summed E-state index contributed by atoms with van der Waals surface area (Å²) in [6.45, 7) is 0.865. The van der Waals surface area contributed by atoms with Crippen molar-refractivity contribution in [3.63, 3.8) is 0 Å². The van der Waals surface area contributed by atoms with E-state index >= 15 is 0 Å². The third-order valence-corrected chi connectivity index (χ3v) is 5.31.